The second-order valence-corrected chi connectivity index (χ2v) is 4.11. The minimum Gasteiger partial charge on any atom is -0.508 e. The Kier molecular flexibility index (Phi) is 2.73. The highest BCUT2D eigenvalue weighted by atomic mass is 16.3. The molecule has 0 bridgehead atoms. The zero-order chi connectivity index (χ0) is 9.97. The van der Waals surface area contributed by atoms with E-state index in [-0.39, 0.29) is 0 Å². The first kappa shape index (κ1) is 9.53. The summed E-state index contributed by atoms with van der Waals surface area (Å²) in [7, 11) is 0. The first-order chi connectivity index (χ1) is 6.77. The van der Waals surface area contributed by atoms with Crippen LogP contribution in [0.3, 0.4) is 0 Å². The summed E-state index contributed by atoms with van der Waals surface area (Å²) in [6, 6.07) is 5.86. The van der Waals surface area contributed by atoms with Gasteiger partial charge in [0.25, 0.3) is 0 Å². The minimum atomic E-state index is 0.448. The highest BCUT2D eigenvalue weighted by molar-refractivity contribution is 5.38. The molecule has 0 aromatic heterocycles. The molecule has 1 saturated heterocycles. The van der Waals surface area contributed by atoms with Gasteiger partial charge in [0.15, 0.2) is 0 Å². The molecule has 0 amide bonds. The Hall–Kier alpha value is -1.02. The molecule has 2 heteroatoms. The number of rotatable bonds is 1. The van der Waals surface area contributed by atoms with Gasteiger partial charge < -0.3 is 10.4 Å². The SMILES string of the molecule is Cc1ccc(O)c([C@@H]2CCCNC2)c1. The molecule has 1 aliphatic heterocycles. The molecule has 0 radical (unpaired) electrons. The van der Waals surface area contributed by atoms with Crippen molar-refractivity contribution in [3.8, 4) is 5.75 Å². The average Bonchev–Trinajstić information content (AvgIpc) is 2.23. The van der Waals surface area contributed by atoms with Gasteiger partial charge in [-0.3, -0.25) is 0 Å². The lowest BCUT2D eigenvalue weighted by atomic mass is 9.90. The van der Waals surface area contributed by atoms with E-state index in [1.807, 2.05) is 6.07 Å². The fourth-order valence-corrected chi connectivity index (χ4v) is 2.12. The maximum absolute atomic E-state index is 9.76. The van der Waals surface area contributed by atoms with E-state index in [1.165, 1.54) is 18.4 Å². The molecule has 1 fully saturated rings. The summed E-state index contributed by atoms with van der Waals surface area (Å²) in [6.07, 6.45) is 2.39. The van der Waals surface area contributed by atoms with Crippen LogP contribution < -0.4 is 5.32 Å². The molecule has 0 saturated carbocycles. The van der Waals surface area contributed by atoms with Crippen molar-refractivity contribution in [3.05, 3.63) is 29.3 Å². The number of hydrogen-bond donors (Lipinski definition) is 2. The number of phenolic OH excluding ortho intramolecular Hbond substituents is 1. The summed E-state index contributed by atoms with van der Waals surface area (Å²) < 4.78 is 0. The van der Waals surface area contributed by atoms with Crippen LogP contribution in [0.4, 0.5) is 0 Å². The molecule has 1 aliphatic rings. The first-order valence-electron chi connectivity index (χ1n) is 5.27. The van der Waals surface area contributed by atoms with Gasteiger partial charge in [0.2, 0.25) is 0 Å². The number of aromatic hydroxyl groups is 1. The van der Waals surface area contributed by atoms with Crippen LogP contribution in [0, 0.1) is 6.92 Å². The maximum atomic E-state index is 9.76. The van der Waals surface area contributed by atoms with Crippen LogP contribution in [0.1, 0.15) is 29.9 Å². The van der Waals surface area contributed by atoms with Crippen molar-refractivity contribution in [2.24, 2.45) is 0 Å². The van der Waals surface area contributed by atoms with Gasteiger partial charge in [0, 0.05) is 12.5 Å². The summed E-state index contributed by atoms with van der Waals surface area (Å²) in [5.41, 5.74) is 2.33. The van der Waals surface area contributed by atoms with Gasteiger partial charge in [-0.05, 0) is 37.9 Å². The molecule has 2 N–H and O–H groups in total. The lowest BCUT2D eigenvalue weighted by Gasteiger charge is -2.24. The topological polar surface area (TPSA) is 32.3 Å². The number of nitrogens with one attached hydrogen (secondary N) is 1. The Morgan fingerprint density at radius 3 is 3.00 bits per heavy atom. The molecule has 2 nitrogen and oxygen atoms in total. The number of benzene rings is 1. The Balaban J connectivity index is 2.24. The largest absolute Gasteiger partial charge is 0.508 e. The average molecular weight is 191 g/mol. The lowest BCUT2D eigenvalue weighted by Crippen LogP contribution is -2.28. The van der Waals surface area contributed by atoms with Crippen LogP contribution in [-0.2, 0) is 0 Å². The molecule has 0 spiro atoms. The summed E-state index contributed by atoms with van der Waals surface area (Å²) >= 11 is 0. The van der Waals surface area contributed by atoms with Gasteiger partial charge in [-0.25, -0.2) is 0 Å². The summed E-state index contributed by atoms with van der Waals surface area (Å²) in [5.74, 6) is 0.938. The van der Waals surface area contributed by atoms with E-state index in [2.05, 4.69) is 18.3 Å². The summed E-state index contributed by atoms with van der Waals surface area (Å²) in [5, 5.41) is 13.1. The molecule has 76 valence electrons. The first-order valence-corrected chi connectivity index (χ1v) is 5.27. The predicted octanol–water partition coefficient (Wildman–Crippen LogP) is 2.17. The van der Waals surface area contributed by atoms with Crippen molar-refractivity contribution >= 4 is 0 Å². The monoisotopic (exact) mass is 191 g/mol. The number of piperidine rings is 1. The molecule has 2 rings (SSSR count). The molecule has 1 aromatic rings. The Bertz CT molecular complexity index is 316. The van der Waals surface area contributed by atoms with Crippen molar-refractivity contribution in [1.29, 1.82) is 0 Å². The van der Waals surface area contributed by atoms with Gasteiger partial charge in [-0.2, -0.15) is 0 Å². The van der Waals surface area contributed by atoms with Gasteiger partial charge in [-0.1, -0.05) is 17.7 Å². The molecule has 1 heterocycles. The van der Waals surface area contributed by atoms with Crippen LogP contribution in [0.25, 0.3) is 0 Å². The van der Waals surface area contributed by atoms with Crippen molar-refractivity contribution in [3.63, 3.8) is 0 Å². The molecule has 0 aliphatic carbocycles. The van der Waals surface area contributed by atoms with E-state index in [9.17, 15) is 5.11 Å². The summed E-state index contributed by atoms with van der Waals surface area (Å²) in [6.45, 7) is 4.18. The fourth-order valence-electron chi connectivity index (χ4n) is 2.12. The fraction of sp³-hybridized carbons (Fsp3) is 0.500. The van der Waals surface area contributed by atoms with Crippen LogP contribution in [0.15, 0.2) is 18.2 Å². The third-order valence-corrected chi connectivity index (χ3v) is 2.92. The Morgan fingerprint density at radius 1 is 1.43 bits per heavy atom. The molecule has 1 atom stereocenters. The number of phenols is 1. The normalized spacial score (nSPS) is 22.2. The zero-order valence-electron chi connectivity index (χ0n) is 8.59. The molecular formula is C12H17NO. The van der Waals surface area contributed by atoms with Gasteiger partial charge in [0.1, 0.15) is 5.75 Å². The van der Waals surface area contributed by atoms with Gasteiger partial charge in [-0.15, -0.1) is 0 Å². The van der Waals surface area contributed by atoms with Gasteiger partial charge >= 0.3 is 0 Å². The van der Waals surface area contributed by atoms with Crippen LogP contribution >= 0.6 is 0 Å². The van der Waals surface area contributed by atoms with E-state index >= 15 is 0 Å². The third kappa shape index (κ3) is 1.90. The standard InChI is InChI=1S/C12H17NO/c1-9-4-5-12(14)11(7-9)10-3-2-6-13-8-10/h4-5,7,10,13-14H,2-3,6,8H2,1H3/t10-/m1/s1. The van der Waals surface area contributed by atoms with Crippen LogP contribution in [-0.4, -0.2) is 18.2 Å². The smallest absolute Gasteiger partial charge is 0.119 e. The van der Waals surface area contributed by atoms with E-state index in [4.69, 9.17) is 0 Å². The summed E-state index contributed by atoms with van der Waals surface area (Å²) in [4.78, 5) is 0. The zero-order valence-corrected chi connectivity index (χ0v) is 8.59. The molecular weight excluding hydrogens is 174 g/mol. The second-order valence-electron chi connectivity index (χ2n) is 4.11. The highest BCUT2D eigenvalue weighted by Gasteiger charge is 2.17. The van der Waals surface area contributed by atoms with Crippen molar-refractivity contribution in [1.82, 2.24) is 5.32 Å². The number of hydrogen-bond acceptors (Lipinski definition) is 2. The third-order valence-electron chi connectivity index (χ3n) is 2.92. The minimum absolute atomic E-state index is 0.448. The van der Waals surface area contributed by atoms with E-state index in [1.54, 1.807) is 6.07 Å². The predicted molar refractivity (Wildman–Crippen MR) is 57.7 cm³/mol. The van der Waals surface area contributed by atoms with Crippen molar-refractivity contribution in [2.75, 3.05) is 13.1 Å². The Labute approximate surface area is 85.0 Å². The van der Waals surface area contributed by atoms with E-state index < -0.39 is 0 Å². The maximum Gasteiger partial charge on any atom is 0.119 e. The van der Waals surface area contributed by atoms with Gasteiger partial charge in [0.05, 0.1) is 0 Å². The lowest BCUT2D eigenvalue weighted by molar-refractivity contribution is 0.425. The van der Waals surface area contributed by atoms with E-state index in [0.717, 1.165) is 18.7 Å². The van der Waals surface area contributed by atoms with Crippen LogP contribution in [0.2, 0.25) is 0 Å². The van der Waals surface area contributed by atoms with Crippen molar-refractivity contribution in [2.45, 2.75) is 25.7 Å². The van der Waals surface area contributed by atoms with Crippen LogP contribution in [0.5, 0.6) is 5.75 Å². The van der Waals surface area contributed by atoms with Crippen molar-refractivity contribution < 1.29 is 5.11 Å². The molecule has 14 heavy (non-hydrogen) atoms. The quantitative estimate of drug-likeness (QED) is 0.713. The second kappa shape index (κ2) is 4.01. The van der Waals surface area contributed by atoms with E-state index in [0.29, 0.717) is 11.7 Å². The highest BCUT2D eigenvalue weighted by Crippen LogP contribution is 2.30. The number of aryl methyl sites for hydroxylation is 1. The Morgan fingerprint density at radius 2 is 2.29 bits per heavy atom. The molecule has 0 unspecified atom stereocenters. The molecule has 1 aromatic carbocycles.